The molecule has 0 saturated heterocycles. The molecule has 2 aromatic rings. The fourth-order valence-corrected chi connectivity index (χ4v) is 2.67. The Labute approximate surface area is 107 Å². The van der Waals surface area contributed by atoms with Gasteiger partial charge in [0.25, 0.3) is 0 Å². The minimum absolute atomic E-state index is 0.346. The molecule has 4 heteroatoms. The van der Waals surface area contributed by atoms with E-state index < -0.39 is 5.60 Å². The van der Waals surface area contributed by atoms with Crippen LogP contribution in [0.2, 0.25) is 0 Å². The van der Waals surface area contributed by atoms with Gasteiger partial charge in [0.1, 0.15) is 5.52 Å². The van der Waals surface area contributed by atoms with Gasteiger partial charge in [0.15, 0.2) is 5.82 Å². The molecule has 0 bridgehead atoms. The smallest absolute Gasteiger partial charge is 0.150 e. The van der Waals surface area contributed by atoms with Gasteiger partial charge < -0.3 is 5.11 Å². The van der Waals surface area contributed by atoms with Gasteiger partial charge in [-0.1, -0.05) is 15.9 Å². The van der Waals surface area contributed by atoms with Gasteiger partial charge >= 0.3 is 0 Å². The summed E-state index contributed by atoms with van der Waals surface area (Å²) >= 11 is 3.26. The van der Waals surface area contributed by atoms with Crippen molar-refractivity contribution in [1.29, 1.82) is 0 Å². The van der Waals surface area contributed by atoms with Gasteiger partial charge in [-0.25, -0.2) is 4.39 Å². The van der Waals surface area contributed by atoms with E-state index in [4.69, 9.17) is 0 Å². The van der Waals surface area contributed by atoms with Crippen LogP contribution in [-0.4, -0.2) is 10.1 Å². The number of benzene rings is 1. The zero-order valence-corrected chi connectivity index (χ0v) is 10.7. The fraction of sp³-hybridized carbons (Fsp3) is 0.308. The lowest BCUT2D eigenvalue weighted by Crippen LogP contribution is -2.33. The number of hydrogen-bond acceptors (Lipinski definition) is 2. The lowest BCUT2D eigenvalue weighted by Gasteiger charge is -2.36. The average molecular weight is 296 g/mol. The molecule has 0 atom stereocenters. The third-order valence-electron chi connectivity index (χ3n) is 3.42. The Morgan fingerprint density at radius 2 is 2.06 bits per heavy atom. The first kappa shape index (κ1) is 11.1. The first-order chi connectivity index (χ1) is 8.08. The van der Waals surface area contributed by atoms with E-state index in [1.165, 1.54) is 6.07 Å². The van der Waals surface area contributed by atoms with Crippen molar-refractivity contribution in [3.8, 4) is 0 Å². The Bertz CT molecular complexity index is 595. The third kappa shape index (κ3) is 1.76. The van der Waals surface area contributed by atoms with E-state index in [2.05, 4.69) is 20.9 Å². The van der Waals surface area contributed by atoms with Gasteiger partial charge in [-0.3, -0.25) is 4.98 Å². The van der Waals surface area contributed by atoms with Gasteiger partial charge in [-0.2, -0.15) is 0 Å². The molecule has 1 aromatic carbocycles. The molecule has 0 spiro atoms. The largest absolute Gasteiger partial charge is 0.385 e. The van der Waals surface area contributed by atoms with E-state index in [-0.39, 0.29) is 5.82 Å². The molecule has 1 aliphatic carbocycles. The maximum Gasteiger partial charge on any atom is 0.150 e. The van der Waals surface area contributed by atoms with Crippen LogP contribution in [0.15, 0.2) is 28.9 Å². The third-order valence-corrected chi connectivity index (χ3v) is 3.88. The van der Waals surface area contributed by atoms with Crippen LogP contribution in [0.3, 0.4) is 0 Å². The Balaban J connectivity index is 2.19. The molecule has 17 heavy (non-hydrogen) atoms. The normalized spacial score (nSPS) is 18.1. The molecule has 0 unspecified atom stereocenters. The Hall–Kier alpha value is -1.00. The number of pyridine rings is 1. The first-order valence-corrected chi connectivity index (χ1v) is 6.35. The average Bonchev–Trinajstić information content (AvgIpc) is 2.24. The molecule has 88 valence electrons. The maximum atomic E-state index is 13.6. The van der Waals surface area contributed by atoms with Gasteiger partial charge in [0.2, 0.25) is 0 Å². The molecule has 3 rings (SSSR count). The van der Waals surface area contributed by atoms with E-state index in [1.807, 2.05) is 12.1 Å². The Kier molecular flexibility index (Phi) is 2.45. The van der Waals surface area contributed by atoms with E-state index in [0.717, 1.165) is 30.2 Å². The van der Waals surface area contributed by atoms with Crippen molar-refractivity contribution in [1.82, 2.24) is 4.98 Å². The molecule has 1 aromatic heterocycles. The molecule has 0 aliphatic heterocycles. The van der Waals surface area contributed by atoms with Gasteiger partial charge in [-0.05, 0) is 37.5 Å². The van der Waals surface area contributed by atoms with Crippen LogP contribution in [0.25, 0.3) is 10.9 Å². The predicted molar refractivity (Wildman–Crippen MR) is 67.1 cm³/mol. The fourth-order valence-electron chi connectivity index (χ4n) is 2.23. The molecule has 1 saturated carbocycles. The summed E-state index contributed by atoms with van der Waals surface area (Å²) in [5.74, 6) is -0.346. The summed E-state index contributed by atoms with van der Waals surface area (Å²) in [7, 11) is 0. The van der Waals surface area contributed by atoms with Crippen LogP contribution in [0.4, 0.5) is 4.39 Å². The van der Waals surface area contributed by atoms with Crippen LogP contribution in [0, 0.1) is 5.82 Å². The second-order valence-electron chi connectivity index (χ2n) is 4.57. The molecule has 0 amide bonds. The number of aliphatic hydroxyl groups is 1. The number of aromatic nitrogens is 1. The topological polar surface area (TPSA) is 33.1 Å². The minimum Gasteiger partial charge on any atom is -0.385 e. The zero-order valence-electron chi connectivity index (χ0n) is 9.08. The number of fused-ring (bicyclic) bond motifs is 1. The lowest BCUT2D eigenvalue weighted by atomic mass is 9.75. The van der Waals surface area contributed by atoms with E-state index in [0.29, 0.717) is 9.99 Å². The summed E-state index contributed by atoms with van der Waals surface area (Å²) < 4.78 is 14.3. The molecule has 0 radical (unpaired) electrons. The monoisotopic (exact) mass is 295 g/mol. The zero-order chi connectivity index (χ0) is 12.0. The molecule has 1 heterocycles. The molecule has 1 fully saturated rings. The van der Waals surface area contributed by atoms with E-state index >= 15 is 0 Å². The summed E-state index contributed by atoms with van der Waals surface area (Å²) in [4.78, 5) is 4.11. The summed E-state index contributed by atoms with van der Waals surface area (Å²) in [5, 5.41) is 11.0. The van der Waals surface area contributed by atoms with Crippen molar-refractivity contribution in [2.45, 2.75) is 24.9 Å². The van der Waals surface area contributed by atoms with Crippen LogP contribution < -0.4 is 0 Å². The van der Waals surface area contributed by atoms with Gasteiger partial charge in [0.05, 0.1) is 5.60 Å². The van der Waals surface area contributed by atoms with Crippen molar-refractivity contribution in [2.24, 2.45) is 0 Å². The van der Waals surface area contributed by atoms with Crippen LogP contribution >= 0.6 is 15.9 Å². The Morgan fingerprint density at radius 1 is 1.29 bits per heavy atom. The SMILES string of the molecule is OC1(c2cnc3c(F)cc(Br)cc3c2)CCC1. The van der Waals surface area contributed by atoms with Crippen molar-refractivity contribution in [2.75, 3.05) is 0 Å². The highest BCUT2D eigenvalue weighted by Crippen LogP contribution is 2.41. The van der Waals surface area contributed by atoms with Crippen LogP contribution in [-0.2, 0) is 5.60 Å². The predicted octanol–water partition coefficient (Wildman–Crippen LogP) is 3.51. The number of rotatable bonds is 1. The minimum atomic E-state index is -0.750. The van der Waals surface area contributed by atoms with Crippen molar-refractivity contribution in [3.63, 3.8) is 0 Å². The highest BCUT2D eigenvalue weighted by Gasteiger charge is 2.36. The van der Waals surface area contributed by atoms with Gasteiger partial charge in [-0.15, -0.1) is 0 Å². The van der Waals surface area contributed by atoms with Crippen LogP contribution in [0.5, 0.6) is 0 Å². The quantitative estimate of drug-likeness (QED) is 0.873. The summed E-state index contributed by atoms with van der Waals surface area (Å²) in [5.41, 5.74) is 0.383. The highest BCUT2D eigenvalue weighted by atomic mass is 79.9. The Morgan fingerprint density at radius 3 is 2.71 bits per heavy atom. The number of hydrogen-bond donors (Lipinski definition) is 1. The summed E-state index contributed by atoms with van der Waals surface area (Å²) in [6.07, 6.45) is 4.13. The summed E-state index contributed by atoms with van der Waals surface area (Å²) in [6, 6.07) is 5.04. The molecular weight excluding hydrogens is 285 g/mol. The van der Waals surface area contributed by atoms with Crippen molar-refractivity contribution < 1.29 is 9.50 Å². The van der Waals surface area contributed by atoms with Crippen LogP contribution in [0.1, 0.15) is 24.8 Å². The van der Waals surface area contributed by atoms with Crippen molar-refractivity contribution >= 4 is 26.8 Å². The van der Waals surface area contributed by atoms with E-state index in [1.54, 1.807) is 6.20 Å². The second-order valence-corrected chi connectivity index (χ2v) is 5.48. The second kappa shape index (κ2) is 3.75. The number of nitrogens with zero attached hydrogens (tertiary/aromatic N) is 1. The molecule has 1 N–H and O–H groups in total. The molecule has 1 aliphatic rings. The van der Waals surface area contributed by atoms with Crippen molar-refractivity contribution in [3.05, 3.63) is 40.2 Å². The number of halogens is 2. The highest BCUT2D eigenvalue weighted by molar-refractivity contribution is 9.10. The van der Waals surface area contributed by atoms with Gasteiger partial charge in [0, 0.05) is 21.6 Å². The molecule has 2 nitrogen and oxygen atoms in total. The lowest BCUT2D eigenvalue weighted by molar-refractivity contribution is -0.0389. The maximum absolute atomic E-state index is 13.6. The standard InChI is InChI=1S/C13H11BrFNO/c14-10-5-8-4-9(13(17)2-1-3-13)7-16-12(8)11(15)6-10/h4-7,17H,1-3H2. The first-order valence-electron chi connectivity index (χ1n) is 5.56. The summed E-state index contributed by atoms with van der Waals surface area (Å²) in [6.45, 7) is 0. The molecular formula is C13H11BrFNO. The van der Waals surface area contributed by atoms with E-state index in [9.17, 15) is 9.50 Å².